The molecule has 0 aliphatic heterocycles. The third-order valence-corrected chi connectivity index (χ3v) is 1.78. The van der Waals surface area contributed by atoms with Crippen LogP contribution in [0.2, 0.25) is 0 Å². The Bertz CT molecular complexity index is 330. The fourth-order valence-corrected chi connectivity index (χ4v) is 1.02. The summed E-state index contributed by atoms with van der Waals surface area (Å²) in [7, 11) is 0. The van der Waals surface area contributed by atoms with Crippen molar-refractivity contribution in [1.82, 2.24) is 10.5 Å². The van der Waals surface area contributed by atoms with Crippen LogP contribution in [-0.2, 0) is 6.54 Å². The van der Waals surface area contributed by atoms with Crippen molar-refractivity contribution in [3.8, 4) is 0 Å². The first-order valence-electron chi connectivity index (χ1n) is 5.04. The zero-order valence-electron chi connectivity index (χ0n) is 9.45. The molecule has 0 radical (unpaired) electrons. The number of nitrogens with zero attached hydrogens (tertiary/aromatic N) is 2. The standard InChI is InChI=1S/C10H18N4O/c1-7(2)5-12-10(11)13-6-9-4-8(3)15-14-9/h4,7H,5-6H2,1-3H3,(H3,11,12,13). The normalized spacial score (nSPS) is 12.1. The first-order valence-corrected chi connectivity index (χ1v) is 5.04. The summed E-state index contributed by atoms with van der Waals surface area (Å²) in [6, 6.07) is 1.85. The Morgan fingerprint density at radius 1 is 1.67 bits per heavy atom. The lowest BCUT2D eigenvalue weighted by atomic mass is 10.2. The van der Waals surface area contributed by atoms with Gasteiger partial charge in [0.2, 0.25) is 0 Å². The van der Waals surface area contributed by atoms with Crippen molar-refractivity contribution < 1.29 is 4.52 Å². The van der Waals surface area contributed by atoms with E-state index in [1.165, 1.54) is 0 Å². The molecule has 0 amide bonds. The van der Waals surface area contributed by atoms with E-state index in [-0.39, 0.29) is 0 Å². The largest absolute Gasteiger partial charge is 0.370 e. The Kier molecular flexibility index (Phi) is 4.15. The van der Waals surface area contributed by atoms with E-state index in [4.69, 9.17) is 10.3 Å². The molecule has 0 bridgehead atoms. The zero-order valence-corrected chi connectivity index (χ0v) is 9.45. The summed E-state index contributed by atoms with van der Waals surface area (Å²) in [6.45, 7) is 7.35. The van der Waals surface area contributed by atoms with Crippen LogP contribution in [0.1, 0.15) is 25.3 Å². The summed E-state index contributed by atoms with van der Waals surface area (Å²) in [5, 5.41) is 6.85. The molecule has 84 valence electrons. The van der Waals surface area contributed by atoms with Crippen LogP contribution in [0.3, 0.4) is 0 Å². The van der Waals surface area contributed by atoms with E-state index in [2.05, 4.69) is 29.3 Å². The number of guanidine groups is 1. The van der Waals surface area contributed by atoms with Crippen molar-refractivity contribution in [2.75, 3.05) is 6.54 Å². The summed E-state index contributed by atoms with van der Waals surface area (Å²) >= 11 is 0. The Morgan fingerprint density at radius 3 is 2.93 bits per heavy atom. The predicted octanol–water partition coefficient (Wildman–Crippen LogP) is 1.04. The van der Waals surface area contributed by atoms with Crippen LogP contribution in [0.4, 0.5) is 0 Å². The highest BCUT2D eigenvalue weighted by Crippen LogP contribution is 2.02. The van der Waals surface area contributed by atoms with Gasteiger partial charge in [-0.1, -0.05) is 19.0 Å². The molecular weight excluding hydrogens is 192 g/mol. The number of hydrogen-bond acceptors (Lipinski definition) is 3. The van der Waals surface area contributed by atoms with Crippen molar-refractivity contribution in [2.24, 2.45) is 16.6 Å². The van der Waals surface area contributed by atoms with Gasteiger partial charge in [0.1, 0.15) is 11.5 Å². The summed E-state index contributed by atoms with van der Waals surface area (Å²) in [4.78, 5) is 4.14. The second-order valence-electron chi connectivity index (χ2n) is 3.91. The molecule has 0 saturated carbocycles. The highest BCUT2D eigenvalue weighted by atomic mass is 16.5. The summed E-state index contributed by atoms with van der Waals surface area (Å²) in [5.41, 5.74) is 6.45. The molecule has 1 aromatic rings. The molecule has 1 heterocycles. The molecule has 0 fully saturated rings. The molecule has 15 heavy (non-hydrogen) atoms. The summed E-state index contributed by atoms with van der Waals surface area (Å²) in [5.74, 6) is 1.78. The van der Waals surface area contributed by atoms with Crippen LogP contribution in [0.25, 0.3) is 0 Å². The van der Waals surface area contributed by atoms with Gasteiger partial charge in [-0.25, -0.2) is 4.99 Å². The van der Waals surface area contributed by atoms with Crippen LogP contribution < -0.4 is 11.1 Å². The minimum absolute atomic E-state index is 0.448. The lowest BCUT2D eigenvalue weighted by Gasteiger charge is -2.06. The van der Waals surface area contributed by atoms with E-state index < -0.39 is 0 Å². The van der Waals surface area contributed by atoms with Crippen LogP contribution in [0.15, 0.2) is 15.6 Å². The molecule has 0 aliphatic rings. The molecule has 0 saturated heterocycles. The number of aromatic nitrogens is 1. The molecule has 0 aliphatic carbocycles. The first kappa shape index (κ1) is 11.6. The molecule has 5 nitrogen and oxygen atoms in total. The van der Waals surface area contributed by atoms with Crippen molar-refractivity contribution in [3.05, 3.63) is 17.5 Å². The van der Waals surface area contributed by atoms with Crippen LogP contribution in [0, 0.1) is 12.8 Å². The van der Waals surface area contributed by atoms with E-state index in [0.717, 1.165) is 18.0 Å². The minimum Gasteiger partial charge on any atom is -0.370 e. The topological polar surface area (TPSA) is 76.4 Å². The number of aliphatic imine (C=N–C) groups is 1. The number of nitrogens with two attached hydrogens (primary N) is 1. The van der Waals surface area contributed by atoms with Gasteiger partial charge >= 0.3 is 0 Å². The van der Waals surface area contributed by atoms with Crippen molar-refractivity contribution in [2.45, 2.75) is 27.3 Å². The quantitative estimate of drug-likeness (QED) is 0.575. The highest BCUT2D eigenvalue weighted by Gasteiger charge is 1.99. The maximum Gasteiger partial charge on any atom is 0.188 e. The van der Waals surface area contributed by atoms with Gasteiger partial charge in [-0.3, -0.25) is 0 Å². The Labute approximate surface area is 89.7 Å². The average molecular weight is 210 g/mol. The van der Waals surface area contributed by atoms with Gasteiger partial charge < -0.3 is 15.6 Å². The van der Waals surface area contributed by atoms with E-state index >= 15 is 0 Å². The van der Waals surface area contributed by atoms with Crippen LogP contribution in [-0.4, -0.2) is 17.7 Å². The fraction of sp³-hybridized carbons (Fsp3) is 0.600. The van der Waals surface area contributed by atoms with Gasteiger partial charge in [-0.15, -0.1) is 0 Å². The summed E-state index contributed by atoms with van der Waals surface area (Å²) < 4.78 is 4.91. The van der Waals surface area contributed by atoms with E-state index in [1.807, 2.05) is 13.0 Å². The number of aryl methyl sites for hydroxylation is 1. The second kappa shape index (κ2) is 5.38. The molecule has 0 atom stereocenters. The van der Waals surface area contributed by atoms with Gasteiger partial charge in [0.05, 0.1) is 6.54 Å². The minimum atomic E-state index is 0.448. The monoisotopic (exact) mass is 210 g/mol. The fourth-order valence-electron chi connectivity index (χ4n) is 1.02. The van der Waals surface area contributed by atoms with Gasteiger partial charge in [-0.2, -0.15) is 0 Å². The second-order valence-corrected chi connectivity index (χ2v) is 3.91. The highest BCUT2D eigenvalue weighted by molar-refractivity contribution is 5.77. The third kappa shape index (κ3) is 4.49. The molecule has 0 unspecified atom stereocenters. The van der Waals surface area contributed by atoms with Crippen molar-refractivity contribution in [3.63, 3.8) is 0 Å². The van der Waals surface area contributed by atoms with E-state index in [9.17, 15) is 0 Å². The van der Waals surface area contributed by atoms with E-state index in [0.29, 0.717) is 18.4 Å². The molecular formula is C10H18N4O. The molecule has 5 heteroatoms. The first-order chi connectivity index (χ1) is 7.08. The molecule has 1 aromatic heterocycles. The maximum absolute atomic E-state index is 5.66. The Morgan fingerprint density at radius 2 is 2.40 bits per heavy atom. The van der Waals surface area contributed by atoms with Gasteiger partial charge in [0.25, 0.3) is 0 Å². The maximum atomic E-state index is 5.66. The SMILES string of the molecule is Cc1cc(CN=C(N)NCC(C)C)no1. The van der Waals surface area contributed by atoms with Gasteiger partial charge in [0.15, 0.2) is 5.96 Å². The molecule has 0 spiro atoms. The van der Waals surface area contributed by atoms with Gasteiger partial charge in [-0.05, 0) is 12.8 Å². The molecule has 0 aromatic carbocycles. The van der Waals surface area contributed by atoms with Gasteiger partial charge in [0, 0.05) is 12.6 Å². The summed E-state index contributed by atoms with van der Waals surface area (Å²) in [6.07, 6.45) is 0. The lowest BCUT2D eigenvalue weighted by Crippen LogP contribution is -2.34. The lowest BCUT2D eigenvalue weighted by molar-refractivity contribution is 0.391. The smallest absolute Gasteiger partial charge is 0.188 e. The molecule has 3 N–H and O–H groups in total. The average Bonchev–Trinajstić information content (AvgIpc) is 2.58. The Hall–Kier alpha value is -1.52. The van der Waals surface area contributed by atoms with Crippen molar-refractivity contribution in [1.29, 1.82) is 0 Å². The van der Waals surface area contributed by atoms with Crippen molar-refractivity contribution >= 4 is 5.96 Å². The van der Waals surface area contributed by atoms with E-state index in [1.54, 1.807) is 0 Å². The Balaban J connectivity index is 2.36. The zero-order chi connectivity index (χ0) is 11.3. The number of hydrogen-bond donors (Lipinski definition) is 2. The molecule has 1 rings (SSSR count). The van der Waals surface area contributed by atoms with Crippen LogP contribution >= 0.6 is 0 Å². The van der Waals surface area contributed by atoms with Crippen LogP contribution in [0.5, 0.6) is 0 Å². The number of rotatable bonds is 4. The number of nitrogens with one attached hydrogen (secondary N) is 1. The third-order valence-electron chi connectivity index (χ3n) is 1.78. The predicted molar refractivity (Wildman–Crippen MR) is 59.4 cm³/mol.